The second-order valence-electron chi connectivity index (χ2n) is 6.20. The lowest BCUT2D eigenvalue weighted by Crippen LogP contribution is -2.31. The Balaban J connectivity index is 4.00. The summed E-state index contributed by atoms with van der Waals surface area (Å²) in [5.74, 6) is 0. The number of rotatable bonds is 11. The number of hydrogen-bond acceptors (Lipinski definition) is 1. The number of allylic oxidation sites excluding steroid dienone is 1. The lowest BCUT2D eigenvalue weighted by molar-refractivity contribution is 0.182. The van der Waals surface area contributed by atoms with Gasteiger partial charge in [-0.25, -0.2) is 0 Å². The largest absolute Gasteiger partial charge is 0.414 e. The molecule has 0 saturated carbocycles. The molecule has 0 aliphatic heterocycles. The van der Waals surface area contributed by atoms with Gasteiger partial charge in [0.15, 0.2) is 8.32 Å². The van der Waals surface area contributed by atoms with Gasteiger partial charge in [0.25, 0.3) is 0 Å². The molecule has 0 aromatic heterocycles. The minimum absolute atomic E-state index is 0.460. The van der Waals surface area contributed by atoms with Crippen LogP contribution in [0.25, 0.3) is 0 Å². The van der Waals surface area contributed by atoms with Gasteiger partial charge in [0.1, 0.15) is 0 Å². The highest BCUT2D eigenvalue weighted by atomic mass is 28.4. The van der Waals surface area contributed by atoms with Crippen LogP contribution in [0.3, 0.4) is 0 Å². The Hall–Kier alpha value is -0.0831. The quantitative estimate of drug-likeness (QED) is 0.257. The van der Waals surface area contributed by atoms with Crippen LogP contribution in [-0.2, 0) is 4.43 Å². The van der Waals surface area contributed by atoms with E-state index in [9.17, 15) is 0 Å². The third kappa shape index (κ3) is 12.4. The zero-order valence-electron chi connectivity index (χ0n) is 13.3. The van der Waals surface area contributed by atoms with Crippen molar-refractivity contribution in [1.82, 2.24) is 0 Å². The molecule has 0 N–H and O–H groups in total. The van der Waals surface area contributed by atoms with Crippen LogP contribution in [0, 0.1) is 0 Å². The van der Waals surface area contributed by atoms with Crippen molar-refractivity contribution in [3.63, 3.8) is 0 Å². The van der Waals surface area contributed by atoms with Gasteiger partial charge >= 0.3 is 0 Å². The summed E-state index contributed by atoms with van der Waals surface area (Å²) in [5.41, 5.74) is 0. The van der Waals surface area contributed by atoms with Crippen LogP contribution in [0.2, 0.25) is 19.6 Å². The first-order valence-corrected chi connectivity index (χ1v) is 11.2. The summed E-state index contributed by atoms with van der Waals surface area (Å²) in [7, 11) is -1.39. The van der Waals surface area contributed by atoms with Crippen molar-refractivity contribution in [2.45, 2.75) is 91.0 Å². The summed E-state index contributed by atoms with van der Waals surface area (Å²) in [6, 6.07) is 0. The summed E-state index contributed by atoms with van der Waals surface area (Å²) >= 11 is 0. The van der Waals surface area contributed by atoms with E-state index >= 15 is 0 Å². The Labute approximate surface area is 116 Å². The molecule has 0 heterocycles. The first-order chi connectivity index (χ1) is 8.49. The molecule has 1 atom stereocenters. The van der Waals surface area contributed by atoms with E-state index in [-0.39, 0.29) is 0 Å². The average molecular weight is 271 g/mol. The van der Waals surface area contributed by atoms with Crippen LogP contribution < -0.4 is 0 Å². The molecule has 0 radical (unpaired) electrons. The minimum Gasteiger partial charge on any atom is -0.414 e. The standard InChI is InChI=1S/C16H34OSi/c1-6-8-10-12-14-16(17-18(3,4)5)15-13-11-9-7-2/h10,12,16H,6-9,11,13-15H2,1-5H3/b12-10+. The molecule has 0 aliphatic carbocycles. The summed E-state index contributed by atoms with van der Waals surface area (Å²) in [6.45, 7) is 11.4. The van der Waals surface area contributed by atoms with Crippen molar-refractivity contribution in [2.24, 2.45) is 0 Å². The number of unbranched alkanes of at least 4 members (excludes halogenated alkanes) is 4. The molecule has 1 nitrogen and oxygen atoms in total. The van der Waals surface area contributed by atoms with E-state index in [1.54, 1.807) is 0 Å². The van der Waals surface area contributed by atoms with E-state index in [1.807, 2.05) is 0 Å². The van der Waals surface area contributed by atoms with Crippen LogP contribution in [0.15, 0.2) is 12.2 Å². The van der Waals surface area contributed by atoms with Crippen LogP contribution in [0.5, 0.6) is 0 Å². The first kappa shape index (κ1) is 17.9. The molecule has 0 amide bonds. The Kier molecular flexibility index (Phi) is 10.8. The third-order valence-electron chi connectivity index (χ3n) is 2.92. The summed E-state index contributed by atoms with van der Waals surface area (Å²) in [4.78, 5) is 0. The summed E-state index contributed by atoms with van der Waals surface area (Å²) < 4.78 is 6.29. The lowest BCUT2D eigenvalue weighted by atomic mass is 10.1. The topological polar surface area (TPSA) is 9.23 Å². The fourth-order valence-electron chi connectivity index (χ4n) is 2.06. The maximum absolute atomic E-state index is 6.29. The SMILES string of the molecule is CCC/C=C/CC(CCCCCC)O[Si](C)(C)C. The Bertz CT molecular complexity index is 206. The first-order valence-electron chi connectivity index (χ1n) is 7.82. The fraction of sp³-hybridized carbons (Fsp3) is 0.875. The molecule has 0 aliphatic rings. The summed E-state index contributed by atoms with van der Waals surface area (Å²) in [6.07, 6.45) is 15.3. The van der Waals surface area contributed by atoms with Crippen molar-refractivity contribution < 1.29 is 4.43 Å². The van der Waals surface area contributed by atoms with Crippen LogP contribution in [-0.4, -0.2) is 14.4 Å². The second kappa shape index (κ2) is 10.8. The van der Waals surface area contributed by atoms with E-state index in [0.717, 1.165) is 6.42 Å². The van der Waals surface area contributed by atoms with E-state index in [2.05, 4.69) is 45.6 Å². The van der Waals surface area contributed by atoms with Gasteiger partial charge in [-0.3, -0.25) is 0 Å². The molecular weight excluding hydrogens is 236 g/mol. The van der Waals surface area contributed by atoms with Gasteiger partial charge in [0.05, 0.1) is 0 Å². The molecule has 0 spiro atoms. The highest BCUT2D eigenvalue weighted by Gasteiger charge is 2.19. The lowest BCUT2D eigenvalue weighted by Gasteiger charge is -2.25. The van der Waals surface area contributed by atoms with Gasteiger partial charge < -0.3 is 4.43 Å². The van der Waals surface area contributed by atoms with Crippen LogP contribution in [0.4, 0.5) is 0 Å². The fourth-order valence-corrected chi connectivity index (χ4v) is 3.27. The Morgan fingerprint density at radius 1 is 0.944 bits per heavy atom. The van der Waals surface area contributed by atoms with Gasteiger partial charge in [0, 0.05) is 6.10 Å². The second-order valence-corrected chi connectivity index (χ2v) is 10.7. The smallest absolute Gasteiger partial charge is 0.184 e. The van der Waals surface area contributed by atoms with Gasteiger partial charge in [-0.2, -0.15) is 0 Å². The molecule has 0 aromatic rings. The van der Waals surface area contributed by atoms with E-state index in [1.165, 1.54) is 44.9 Å². The molecular formula is C16H34OSi. The predicted octanol–water partition coefficient (Wildman–Crippen LogP) is 5.92. The van der Waals surface area contributed by atoms with Crippen molar-refractivity contribution in [2.75, 3.05) is 0 Å². The maximum atomic E-state index is 6.29. The third-order valence-corrected chi connectivity index (χ3v) is 3.96. The van der Waals surface area contributed by atoms with Gasteiger partial charge in [-0.15, -0.1) is 0 Å². The monoisotopic (exact) mass is 270 g/mol. The summed E-state index contributed by atoms with van der Waals surface area (Å²) in [5, 5.41) is 0. The molecule has 18 heavy (non-hydrogen) atoms. The van der Waals surface area contributed by atoms with Crippen LogP contribution >= 0.6 is 0 Å². The molecule has 1 unspecified atom stereocenters. The molecule has 108 valence electrons. The maximum Gasteiger partial charge on any atom is 0.184 e. The van der Waals surface area contributed by atoms with Crippen molar-refractivity contribution >= 4 is 8.32 Å². The van der Waals surface area contributed by atoms with Gasteiger partial charge in [0.2, 0.25) is 0 Å². The predicted molar refractivity (Wildman–Crippen MR) is 85.6 cm³/mol. The van der Waals surface area contributed by atoms with Gasteiger partial charge in [-0.1, -0.05) is 58.1 Å². The van der Waals surface area contributed by atoms with E-state index < -0.39 is 8.32 Å². The van der Waals surface area contributed by atoms with E-state index in [4.69, 9.17) is 4.43 Å². The normalized spacial score (nSPS) is 14.3. The zero-order valence-corrected chi connectivity index (χ0v) is 14.3. The Morgan fingerprint density at radius 2 is 1.67 bits per heavy atom. The van der Waals surface area contributed by atoms with Gasteiger partial charge in [-0.05, 0) is 38.9 Å². The molecule has 0 rings (SSSR count). The molecule has 0 aromatic carbocycles. The zero-order chi connectivity index (χ0) is 13.9. The average Bonchev–Trinajstić information content (AvgIpc) is 2.28. The van der Waals surface area contributed by atoms with Crippen molar-refractivity contribution in [1.29, 1.82) is 0 Å². The van der Waals surface area contributed by atoms with Crippen molar-refractivity contribution in [3.05, 3.63) is 12.2 Å². The highest BCUT2D eigenvalue weighted by Crippen LogP contribution is 2.17. The molecule has 0 bridgehead atoms. The molecule has 0 saturated heterocycles. The van der Waals surface area contributed by atoms with E-state index in [0.29, 0.717) is 6.10 Å². The van der Waals surface area contributed by atoms with Crippen molar-refractivity contribution in [3.8, 4) is 0 Å². The van der Waals surface area contributed by atoms with Crippen LogP contribution in [0.1, 0.15) is 65.2 Å². The molecule has 0 fully saturated rings. The number of hydrogen-bond donors (Lipinski definition) is 0. The Morgan fingerprint density at radius 3 is 2.22 bits per heavy atom. The highest BCUT2D eigenvalue weighted by molar-refractivity contribution is 6.69. The molecule has 2 heteroatoms. The minimum atomic E-state index is -1.39.